The predicted molar refractivity (Wildman–Crippen MR) is 106 cm³/mol. The van der Waals surface area contributed by atoms with Gasteiger partial charge < -0.3 is 9.47 Å². The molecule has 1 aliphatic heterocycles. The number of rotatable bonds is 5. The van der Waals surface area contributed by atoms with E-state index in [1.54, 1.807) is 56.8 Å². The van der Waals surface area contributed by atoms with E-state index >= 15 is 0 Å². The van der Waals surface area contributed by atoms with Crippen LogP contribution in [0.2, 0.25) is 0 Å². The van der Waals surface area contributed by atoms with Gasteiger partial charge in [-0.2, -0.15) is 5.01 Å². The molecule has 2 heterocycles. The first-order chi connectivity index (χ1) is 13.0. The van der Waals surface area contributed by atoms with Crippen LogP contribution in [0.4, 0.5) is 0 Å². The van der Waals surface area contributed by atoms with E-state index in [4.69, 9.17) is 21.7 Å². The summed E-state index contributed by atoms with van der Waals surface area (Å²) in [5, 5.41) is 1.05. The van der Waals surface area contributed by atoms with Crippen LogP contribution in [-0.2, 0) is 4.79 Å². The number of aromatic nitrogens is 1. The summed E-state index contributed by atoms with van der Waals surface area (Å²) in [5.74, 6) is 0.314. The third-order valence-electron chi connectivity index (χ3n) is 3.65. The summed E-state index contributed by atoms with van der Waals surface area (Å²) < 4.78 is 10.8. The maximum atomic E-state index is 12.7. The predicted octanol–water partition coefficient (Wildman–Crippen LogP) is 2.65. The molecule has 1 saturated heterocycles. The Kier molecular flexibility index (Phi) is 5.72. The van der Waals surface area contributed by atoms with Crippen LogP contribution in [0.25, 0.3) is 6.08 Å². The zero-order valence-electron chi connectivity index (χ0n) is 14.5. The number of hydrazine groups is 1. The van der Waals surface area contributed by atoms with Crippen LogP contribution in [0, 0.1) is 0 Å². The van der Waals surface area contributed by atoms with Crippen molar-refractivity contribution in [3.05, 3.63) is 58.8 Å². The summed E-state index contributed by atoms with van der Waals surface area (Å²) in [6.45, 7) is 0. The summed E-state index contributed by atoms with van der Waals surface area (Å²) in [5.41, 5.74) is 3.49. The molecule has 138 valence electrons. The molecule has 0 aliphatic carbocycles. The lowest BCUT2D eigenvalue weighted by atomic mass is 10.1. The highest BCUT2D eigenvalue weighted by molar-refractivity contribution is 8.26. The second kappa shape index (κ2) is 8.19. The topological polar surface area (TPSA) is 80.8 Å². The number of amides is 2. The molecular formula is C18H15N3O4S2. The zero-order valence-corrected chi connectivity index (χ0v) is 16.1. The number of thiocarbonyl (C=S) groups is 1. The number of methoxy groups -OCH3 is 2. The van der Waals surface area contributed by atoms with Crippen molar-refractivity contribution in [1.29, 1.82) is 0 Å². The van der Waals surface area contributed by atoms with Gasteiger partial charge in [0.25, 0.3) is 11.8 Å². The average molecular weight is 401 g/mol. The van der Waals surface area contributed by atoms with E-state index < -0.39 is 11.8 Å². The number of hydrogen-bond donors (Lipinski definition) is 1. The maximum Gasteiger partial charge on any atom is 0.285 e. The van der Waals surface area contributed by atoms with Gasteiger partial charge in [-0.3, -0.25) is 20.0 Å². The van der Waals surface area contributed by atoms with Crippen molar-refractivity contribution in [2.45, 2.75) is 0 Å². The van der Waals surface area contributed by atoms with E-state index in [-0.39, 0.29) is 4.32 Å². The lowest BCUT2D eigenvalue weighted by Crippen LogP contribution is -2.44. The van der Waals surface area contributed by atoms with Crippen molar-refractivity contribution in [3.63, 3.8) is 0 Å². The van der Waals surface area contributed by atoms with Crippen molar-refractivity contribution in [1.82, 2.24) is 15.4 Å². The first-order valence-electron chi connectivity index (χ1n) is 7.74. The van der Waals surface area contributed by atoms with Crippen LogP contribution in [0.15, 0.2) is 47.6 Å². The molecule has 27 heavy (non-hydrogen) atoms. The largest absolute Gasteiger partial charge is 0.497 e. The van der Waals surface area contributed by atoms with Crippen molar-refractivity contribution in [2.75, 3.05) is 14.2 Å². The van der Waals surface area contributed by atoms with Gasteiger partial charge in [-0.05, 0) is 48.6 Å². The molecule has 0 radical (unpaired) electrons. The van der Waals surface area contributed by atoms with Crippen LogP contribution in [0.1, 0.15) is 15.9 Å². The Bertz CT molecular complexity index is 931. The molecule has 0 saturated carbocycles. The van der Waals surface area contributed by atoms with Gasteiger partial charge in [-0.1, -0.05) is 11.8 Å². The number of hydrogen-bond acceptors (Lipinski definition) is 7. The van der Waals surface area contributed by atoms with E-state index in [0.29, 0.717) is 27.5 Å². The van der Waals surface area contributed by atoms with E-state index in [1.165, 1.54) is 6.20 Å². The number of thioether (sulfide) groups is 1. The van der Waals surface area contributed by atoms with Gasteiger partial charge in [0.1, 0.15) is 11.5 Å². The van der Waals surface area contributed by atoms with Crippen LogP contribution in [-0.4, -0.2) is 40.3 Å². The number of carbonyl (C=O) groups excluding carboxylic acids is 2. The molecule has 1 aliphatic rings. The Morgan fingerprint density at radius 2 is 2.11 bits per heavy atom. The van der Waals surface area contributed by atoms with Gasteiger partial charge in [-0.25, -0.2) is 0 Å². The Morgan fingerprint density at radius 1 is 1.30 bits per heavy atom. The quantitative estimate of drug-likeness (QED) is 0.609. The molecule has 1 aromatic carbocycles. The third-order valence-corrected chi connectivity index (χ3v) is 4.96. The molecule has 0 unspecified atom stereocenters. The zero-order chi connectivity index (χ0) is 19.4. The second-order valence-electron chi connectivity index (χ2n) is 5.31. The molecule has 0 spiro atoms. The minimum Gasteiger partial charge on any atom is -0.497 e. The van der Waals surface area contributed by atoms with Gasteiger partial charge in [0.2, 0.25) is 0 Å². The normalized spacial score (nSPS) is 15.2. The molecule has 1 fully saturated rings. The first-order valence-corrected chi connectivity index (χ1v) is 8.97. The first kappa shape index (κ1) is 18.9. The summed E-state index contributed by atoms with van der Waals surface area (Å²) in [6.07, 6.45) is 4.61. The highest BCUT2D eigenvalue weighted by atomic mass is 32.2. The Morgan fingerprint density at radius 3 is 2.78 bits per heavy atom. The van der Waals surface area contributed by atoms with Crippen molar-refractivity contribution >= 4 is 46.2 Å². The number of pyridine rings is 1. The van der Waals surface area contributed by atoms with E-state index in [2.05, 4.69) is 10.4 Å². The molecule has 0 bridgehead atoms. The third kappa shape index (κ3) is 4.09. The Hall–Kier alpha value is -2.91. The average Bonchev–Trinajstić information content (AvgIpc) is 2.95. The number of nitrogens with zero attached hydrogens (tertiary/aromatic N) is 2. The maximum absolute atomic E-state index is 12.7. The molecule has 9 heteroatoms. The molecule has 1 N–H and O–H groups in total. The highest BCUT2D eigenvalue weighted by Crippen LogP contribution is 2.34. The van der Waals surface area contributed by atoms with Crippen LogP contribution in [0.5, 0.6) is 11.5 Å². The van der Waals surface area contributed by atoms with Gasteiger partial charge in [0, 0.05) is 18.0 Å². The molecular weight excluding hydrogens is 386 g/mol. The molecule has 3 rings (SSSR count). The van der Waals surface area contributed by atoms with Gasteiger partial charge in [0.05, 0.1) is 24.7 Å². The van der Waals surface area contributed by atoms with Crippen LogP contribution < -0.4 is 14.9 Å². The molecule has 0 atom stereocenters. The fourth-order valence-corrected chi connectivity index (χ4v) is 3.49. The second-order valence-corrected chi connectivity index (χ2v) is 6.98. The minimum atomic E-state index is -0.473. The number of nitrogens with one attached hydrogen (secondary N) is 1. The van der Waals surface area contributed by atoms with E-state index in [0.717, 1.165) is 16.8 Å². The van der Waals surface area contributed by atoms with E-state index in [1.807, 2.05) is 0 Å². The van der Waals surface area contributed by atoms with Gasteiger partial charge in [-0.15, -0.1) is 0 Å². The summed E-state index contributed by atoms with van der Waals surface area (Å²) in [7, 11) is 3.09. The van der Waals surface area contributed by atoms with Crippen molar-refractivity contribution in [3.8, 4) is 11.5 Å². The number of benzene rings is 1. The summed E-state index contributed by atoms with van der Waals surface area (Å²) in [6, 6.07) is 8.48. The SMILES string of the molecule is COc1ccc(OC)c(/C=C2\SC(=S)N(NC(=O)c3cccnc3)C2=O)c1. The standard InChI is InChI=1S/C18H15N3O4S2/c1-24-13-5-6-14(25-2)12(8-13)9-15-17(23)21(18(26)27-15)20-16(22)11-4-3-7-19-10-11/h3-10H,1-2H3,(H,20,22)/b15-9-. The monoisotopic (exact) mass is 401 g/mol. The number of ether oxygens (including phenoxy) is 2. The molecule has 2 amide bonds. The fourth-order valence-electron chi connectivity index (χ4n) is 2.32. The smallest absolute Gasteiger partial charge is 0.285 e. The fraction of sp³-hybridized carbons (Fsp3) is 0.111. The van der Waals surface area contributed by atoms with E-state index in [9.17, 15) is 9.59 Å². The van der Waals surface area contributed by atoms with Crippen molar-refractivity contribution in [2.24, 2.45) is 0 Å². The summed E-state index contributed by atoms with van der Waals surface area (Å²) >= 11 is 6.32. The number of carbonyl (C=O) groups is 2. The molecule has 7 nitrogen and oxygen atoms in total. The molecule has 1 aromatic heterocycles. The van der Waals surface area contributed by atoms with Gasteiger partial charge in [0.15, 0.2) is 4.32 Å². The van der Waals surface area contributed by atoms with Crippen LogP contribution >= 0.6 is 24.0 Å². The lowest BCUT2D eigenvalue weighted by Gasteiger charge is -2.15. The summed E-state index contributed by atoms with van der Waals surface area (Å²) in [4.78, 5) is 29.2. The lowest BCUT2D eigenvalue weighted by molar-refractivity contribution is -0.123. The van der Waals surface area contributed by atoms with Crippen molar-refractivity contribution < 1.29 is 19.1 Å². The van der Waals surface area contributed by atoms with Crippen LogP contribution in [0.3, 0.4) is 0 Å². The Balaban J connectivity index is 1.84. The minimum absolute atomic E-state index is 0.227. The Labute approximate surface area is 165 Å². The van der Waals surface area contributed by atoms with Gasteiger partial charge >= 0.3 is 0 Å². The highest BCUT2D eigenvalue weighted by Gasteiger charge is 2.34. The molecule has 2 aromatic rings.